The van der Waals surface area contributed by atoms with Gasteiger partial charge in [-0.2, -0.15) is 5.10 Å². The number of rotatable bonds is 5. The zero-order chi connectivity index (χ0) is 20.2. The molecule has 0 bridgehead atoms. The van der Waals surface area contributed by atoms with Crippen LogP contribution in [-0.4, -0.2) is 15.7 Å². The van der Waals surface area contributed by atoms with E-state index in [2.05, 4.69) is 14.7 Å². The van der Waals surface area contributed by atoms with Crippen molar-refractivity contribution in [3.05, 3.63) is 100 Å². The topological polar surface area (TPSA) is 73.2 Å². The molecule has 0 radical (unpaired) electrons. The van der Waals surface area contributed by atoms with Gasteiger partial charge >= 0.3 is 0 Å². The molecule has 0 saturated heterocycles. The molecule has 144 valence electrons. The van der Waals surface area contributed by atoms with Crippen LogP contribution in [0.15, 0.2) is 83.7 Å². The molecular formula is C22H16ClN3O3. The molecule has 29 heavy (non-hydrogen) atoms. The second kappa shape index (κ2) is 8.16. The van der Waals surface area contributed by atoms with E-state index in [0.717, 1.165) is 5.56 Å². The van der Waals surface area contributed by atoms with Gasteiger partial charge < -0.3 is 9.61 Å². The Morgan fingerprint density at radius 2 is 1.66 bits per heavy atom. The van der Waals surface area contributed by atoms with Gasteiger partial charge in [-0.05, 0) is 42.0 Å². The fourth-order valence-corrected chi connectivity index (χ4v) is 3.14. The van der Waals surface area contributed by atoms with Crippen LogP contribution in [0, 0.1) is 0 Å². The molecule has 4 aromatic rings. The fourth-order valence-electron chi connectivity index (χ4n) is 3.04. The monoisotopic (exact) mass is 405 g/mol. The maximum atomic E-state index is 12.9. The third-order valence-corrected chi connectivity index (χ3v) is 4.63. The number of hydrogen-bond donors (Lipinski definition) is 1. The molecule has 0 aliphatic rings. The van der Waals surface area contributed by atoms with Crippen LogP contribution in [0.25, 0.3) is 10.9 Å². The summed E-state index contributed by atoms with van der Waals surface area (Å²) in [5, 5.41) is 7.53. The molecule has 7 heteroatoms. The van der Waals surface area contributed by atoms with Gasteiger partial charge in [0.15, 0.2) is 5.69 Å². The highest BCUT2D eigenvalue weighted by Gasteiger charge is 2.17. The van der Waals surface area contributed by atoms with E-state index in [1.54, 1.807) is 59.3 Å². The van der Waals surface area contributed by atoms with Gasteiger partial charge in [0.2, 0.25) is 5.43 Å². The molecule has 0 aliphatic heterocycles. The van der Waals surface area contributed by atoms with Crippen LogP contribution in [0.1, 0.15) is 16.1 Å². The van der Waals surface area contributed by atoms with Crippen molar-refractivity contribution in [2.45, 2.75) is 6.54 Å². The highest BCUT2D eigenvalue weighted by Crippen LogP contribution is 2.16. The van der Waals surface area contributed by atoms with E-state index in [0.29, 0.717) is 28.9 Å². The first kappa shape index (κ1) is 18.7. The zero-order valence-corrected chi connectivity index (χ0v) is 16.0. The quantitative estimate of drug-likeness (QED) is 0.539. The Labute approximate surface area is 171 Å². The van der Waals surface area contributed by atoms with Crippen LogP contribution in [0.4, 0.5) is 5.69 Å². The van der Waals surface area contributed by atoms with Crippen molar-refractivity contribution >= 4 is 34.4 Å². The lowest BCUT2D eigenvalue weighted by atomic mass is 10.1. The Bertz CT molecular complexity index is 1220. The number of aromatic nitrogens is 2. The van der Waals surface area contributed by atoms with Crippen molar-refractivity contribution in [3.8, 4) is 5.75 Å². The first-order valence-corrected chi connectivity index (χ1v) is 9.20. The molecule has 0 aliphatic carbocycles. The van der Waals surface area contributed by atoms with Crippen molar-refractivity contribution in [2.75, 3.05) is 5.32 Å². The third kappa shape index (κ3) is 3.97. The molecule has 3 aromatic carbocycles. The van der Waals surface area contributed by atoms with Gasteiger partial charge in [0.05, 0.1) is 12.1 Å². The van der Waals surface area contributed by atoms with Crippen LogP contribution < -0.4 is 15.0 Å². The van der Waals surface area contributed by atoms with Crippen LogP contribution in [0.5, 0.6) is 5.75 Å². The van der Waals surface area contributed by atoms with E-state index in [-0.39, 0.29) is 5.69 Å². The van der Waals surface area contributed by atoms with Crippen molar-refractivity contribution in [1.29, 1.82) is 0 Å². The fraction of sp³-hybridized carbons (Fsp3) is 0.0455. The number of carbonyl (C=O) groups excluding carboxylic acids is 1. The van der Waals surface area contributed by atoms with E-state index in [4.69, 9.17) is 11.9 Å². The molecule has 1 heterocycles. The average Bonchev–Trinajstić information content (AvgIpc) is 2.77. The number of halogens is 1. The van der Waals surface area contributed by atoms with E-state index in [1.165, 1.54) is 0 Å². The SMILES string of the molecule is O=C(Nc1ccccc1)c1nn(Cc2ccc(OCl)cc2)c2ccccc2c1=O. The minimum Gasteiger partial charge on any atom is -0.386 e. The van der Waals surface area contributed by atoms with Gasteiger partial charge in [-0.3, -0.25) is 14.3 Å². The number of nitrogens with one attached hydrogen (secondary N) is 1. The van der Waals surface area contributed by atoms with E-state index in [9.17, 15) is 9.59 Å². The lowest BCUT2D eigenvalue weighted by Gasteiger charge is -2.12. The normalized spacial score (nSPS) is 10.7. The predicted molar refractivity (Wildman–Crippen MR) is 112 cm³/mol. The standard InChI is InChI=1S/C22H16ClN3O3/c23-29-17-12-10-15(11-13-17)14-26-19-9-5-4-8-18(19)21(27)20(25-26)22(28)24-16-6-2-1-3-7-16/h1-13H,14H2,(H,24,28). The summed E-state index contributed by atoms with van der Waals surface area (Å²) in [6, 6.07) is 23.2. The molecule has 1 amide bonds. The maximum Gasteiger partial charge on any atom is 0.280 e. The lowest BCUT2D eigenvalue weighted by Crippen LogP contribution is -2.27. The summed E-state index contributed by atoms with van der Waals surface area (Å²) < 4.78 is 6.31. The van der Waals surface area contributed by atoms with Gasteiger partial charge in [0.25, 0.3) is 5.91 Å². The maximum absolute atomic E-state index is 12.9. The number of anilines is 1. The largest absolute Gasteiger partial charge is 0.386 e. The highest BCUT2D eigenvalue weighted by atomic mass is 35.5. The number of fused-ring (bicyclic) bond motifs is 1. The number of nitrogens with zero attached hydrogens (tertiary/aromatic N) is 2. The second-order valence-electron chi connectivity index (χ2n) is 6.39. The molecule has 1 aromatic heterocycles. The molecule has 0 atom stereocenters. The molecule has 6 nitrogen and oxygen atoms in total. The van der Waals surface area contributed by atoms with E-state index in [1.807, 2.05) is 24.3 Å². The van der Waals surface area contributed by atoms with Crippen LogP contribution in [-0.2, 0) is 6.54 Å². The van der Waals surface area contributed by atoms with Gasteiger partial charge in [0, 0.05) is 11.1 Å². The summed E-state index contributed by atoms with van der Waals surface area (Å²) in [6.07, 6.45) is 0. The van der Waals surface area contributed by atoms with Gasteiger partial charge in [-0.25, -0.2) is 0 Å². The molecular weight excluding hydrogens is 390 g/mol. The Balaban J connectivity index is 1.76. The predicted octanol–water partition coefficient (Wildman–Crippen LogP) is 4.23. The number of benzene rings is 3. The van der Waals surface area contributed by atoms with Crippen molar-refractivity contribution < 1.29 is 9.08 Å². The Kier molecular flexibility index (Phi) is 5.27. The summed E-state index contributed by atoms with van der Waals surface area (Å²) >= 11 is 5.36. The minimum absolute atomic E-state index is 0.159. The first-order valence-electron chi connectivity index (χ1n) is 8.89. The zero-order valence-electron chi connectivity index (χ0n) is 15.2. The summed E-state index contributed by atoms with van der Waals surface area (Å²) in [5.41, 5.74) is 1.59. The van der Waals surface area contributed by atoms with Gasteiger partial charge in [0.1, 0.15) is 17.6 Å². The Morgan fingerprint density at radius 1 is 0.966 bits per heavy atom. The first-order chi connectivity index (χ1) is 14.2. The summed E-state index contributed by atoms with van der Waals surface area (Å²) in [7, 11) is 0. The average molecular weight is 406 g/mol. The lowest BCUT2D eigenvalue weighted by molar-refractivity contribution is 0.101. The number of hydrogen-bond acceptors (Lipinski definition) is 4. The van der Waals surface area contributed by atoms with E-state index >= 15 is 0 Å². The van der Waals surface area contributed by atoms with Crippen molar-refractivity contribution in [1.82, 2.24) is 9.78 Å². The summed E-state index contributed by atoms with van der Waals surface area (Å²) in [6.45, 7) is 0.370. The smallest absolute Gasteiger partial charge is 0.280 e. The van der Waals surface area contributed by atoms with E-state index < -0.39 is 11.3 Å². The molecule has 0 saturated carbocycles. The summed E-state index contributed by atoms with van der Waals surface area (Å²) in [5.74, 6) is -0.0253. The van der Waals surface area contributed by atoms with Crippen LogP contribution in [0.3, 0.4) is 0 Å². The molecule has 4 rings (SSSR count). The molecule has 0 fully saturated rings. The molecule has 1 N–H and O–H groups in total. The highest BCUT2D eigenvalue weighted by molar-refractivity contribution is 6.09. The van der Waals surface area contributed by atoms with Crippen LogP contribution in [0.2, 0.25) is 0 Å². The van der Waals surface area contributed by atoms with Crippen molar-refractivity contribution in [2.24, 2.45) is 0 Å². The number of amides is 1. The Morgan fingerprint density at radius 3 is 2.38 bits per heavy atom. The Hall–Kier alpha value is -3.64. The minimum atomic E-state index is -0.549. The second-order valence-corrected chi connectivity index (χ2v) is 6.55. The van der Waals surface area contributed by atoms with Gasteiger partial charge in [-0.1, -0.05) is 42.5 Å². The number of carbonyl (C=O) groups is 1. The van der Waals surface area contributed by atoms with Crippen molar-refractivity contribution in [3.63, 3.8) is 0 Å². The summed E-state index contributed by atoms with van der Waals surface area (Å²) in [4.78, 5) is 25.6. The third-order valence-electron chi connectivity index (χ3n) is 4.45. The van der Waals surface area contributed by atoms with Gasteiger partial charge in [-0.15, -0.1) is 0 Å². The molecule has 0 unspecified atom stereocenters. The van der Waals surface area contributed by atoms with Crippen LogP contribution >= 0.6 is 11.9 Å². The molecule has 0 spiro atoms. The number of para-hydroxylation sites is 2.